The van der Waals surface area contributed by atoms with Gasteiger partial charge in [0.05, 0.1) is 9.52 Å². The maximum absolute atomic E-state index is 2.30. The highest BCUT2D eigenvalue weighted by molar-refractivity contribution is 6.54. The summed E-state index contributed by atoms with van der Waals surface area (Å²) in [7, 11) is 8.37. The van der Waals surface area contributed by atoms with Gasteiger partial charge in [0.15, 0.2) is 0 Å². The van der Waals surface area contributed by atoms with Crippen LogP contribution in [0.4, 0.5) is 0 Å². The molecule has 0 N–H and O–H groups in total. The Kier molecular flexibility index (Phi) is 4.32. The summed E-state index contributed by atoms with van der Waals surface area (Å²) in [5.74, 6) is 0.609. The average molecular weight is 208 g/mol. The summed E-state index contributed by atoms with van der Waals surface area (Å²) >= 11 is 0. The predicted octanol–water partition coefficient (Wildman–Crippen LogP) is -0.113. The van der Waals surface area contributed by atoms with Crippen molar-refractivity contribution in [3.05, 3.63) is 30.3 Å². The summed E-state index contributed by atoms with van der Waals surface area (Å²) in [4.78, 5) is 4.61. The number of hydrogen-bond donors (Lipinski definition) is 0. The summed E-state index contributed by atoms with van der Waals surface area (Å²) in [6.45, 7) is 0. The highest BCUT2D eigenvalue weighted by Gasteiger charge is 2.14. The van der Waals surface area contributed by atoms with Crippen molar-refractivity contribution < 1.29 is 0 Å². The first-order chi connectivity index (χ1) is 6.61. The Balaban J connectivity index is 2.65. The normalized spacial score (nSPS) is 12.5. The van der Waals surface area contributed by atoms with Crippen LogP contribution in [-0.2, 0) is 0 Å². The van der Waals surface area contributed by atoms with E-state index in [2.05, 4.69) is 68.3 Å². The molecule has 0 aromatic heterocycles. The van der Waals surface area contributed by atoms with Crippen LogP contribution in [-0.4, -0.2) is 53.3 Å². The van der Waals surface area contributed by atoms with Gasteiger partial charge in [0.25, 0.3) is 0 Å². The Morgan fingerprint density at radius 3 is 1.86 bits per heavy atom. The summed E-state index contributed by atoms with van der Waals surface area (Å²) < 4.78 is 0. The van der Waals surface area contributed by atoms with Crippen LogP contribution in [0.2, 0.25) is 0 Å². The van der Waals surface area contributed by atoms with Crippen molar-refractivity contribution in [3.8, 4) is 0 Å². The Morgan fingerprint density at radius 2 is 1.43 bits per heavy atom. The highest BCUT2D eigenvalue weighted by atomic mass is 28.2. The summed E-state index contributed by atoms with van der Waals surface area (Å²) in [5.41, 5.74) is 0. The van der Waals surface area contributed by atoms with Crippen LogP contribution in [0, 0.1) is 0 Å². The van der Waals surface area contributed by atoms with Crippen molar-refractivity contribution >= 4 is 14.7 Å². The molecule has 0 saturated heterocycles. The van der Waals surface area contributed by atoms with E-state index in [1.165, 1.54) is 5.19 Å². The maximum Gasteiger partial charge on any atom is 0.0922 e. The molecule has 14 heavy (non-hydrogen) atoms. The van der Waals surface area contributed by atoms with E-state index in [9.17, 15) is 0 Å². The minimum atomic E-state index is -0.241. The lowest BCUT2D eigenvalue weighted by Gasteiger charge is -2.30. The van der Waals surface area contributed by atoms with Crippen LogP contribution >= 0.6 is 0 Å². The van der Waals surface area contributed by atoms with Gasteiger partial charge < -0.3 is 0 Å². The lowest BCUT2D eigenvalue weighted by Crippen LogP contribution is -2.48. The Hall–Kier alpha value is -0.643. The minimum absolute atomic E-state index is 0.241. The largest absolute Gasteiger partial charge is 0.297 e. The fourth-order valence-corrected chi connectivity index (χ4v) is 3.35. The zero-order chi connectivity index (χ0) is 10.6. The standard InChI is InChI=1S/C11H20N2Si/c1-12(2)11(13(3)4)14-10-8-6-5-7-9-10/h5-9,11H,14H2,1-4H3. The van der Waals surface area contributed by atoms with Gasteiger partial charge in [-0.3, -0.25) is 9.80 Å². The summed E-state index contributed by atoms with van der Waals surface area (Å²) in [6, 6.07) is 10.8. The van der Waals surface area contributed by atoms with Crippen LogP contribution in [0.1, 0.15) is 0 Å². The number of nitrogens with zero attached hydrogens (tertiary/aromatic N) is 2. The number of hydrogen-bond acceptors (Lipinski definition) is 2. The molecule has 0 saturated carbocycles. The molecule has 0 bridgehead atoms. The van der Waals surface area contributed by atoms with Crippen molar-refractivity contribution in [1.29, 1.82) is 0 Å². The van der Waals surface area contributed by atoms with Crippen LogP contribution < -0.4 is 5.19 Å². The molecule has 1 rings (SSSR count). The van der Waals surface area contributed by atoms with Gasteiger partial charge in [-0.2, -0.15) is 0 Å². The molecule has 0 aliphatic rings. The van der Waals surface area contributed by atoms with Crippen molar-refractivity contribution in [2.75, 3.05) is 28.2 Å². The minimum Gasteiger partial charge on any atom is -0.297 e. The third-order valence-corrected chi connectivity index (χ3v) is 5.22. The Labute approximate surface area is 89.4 Å². The van der Waals surface area contributed by atoms with E-state index >= 15 is 0 Å². The molecule has 1 aromatic carbocycles. The Morgan fingerprint density at radius 1 is 0.929 bits per heavy atom. The molecule has 2 nitrogen and oxygen atoms in total. The molecule has 0 unspecified atom stereocenters. The van der Waals surface area contributed by atoms with Crippen LogP contribution in [0.5, 0.6) is 0 Å². The molecule has 0 radical (unpaired) electrons. The lowest BCUT2D eigenvalue weighted by molar-refractivity contribution is 0.202. The van der Waals surface area contributed by atoms with Crippen molar-refractivity contribution in [3.63, 3.8) is 0 Å². The van der Waals surface area contributed by atoms with E-state index in [1.54, 1.807) is 0 Å². The first kappa shape index (κ1) is 11.4. The van der Waals surface area contributed by atoms with Crippen molar-refractivity contribution in [2.24, 2.45) is 0 Å². The van der Waals surface area contributed by atoms with Gasteiger partial charge in [0, 0.05) is 5.79 Å². The smallest absolute Gasteiger partial charge is 0.0922 e. The van der Waals surface area contributed by atoms with Gasteiger partial charge in [-0.05, 0) is 28.2 Å². The van der Waals surface area contributed by atoms with Gasteiger partial charge in [-0.15, -0.1) is 0 Å². The van der Waals surface area contributed by atoms with Crippen molar-refractivity contribution in [2.45, 2.75) is 5.79 Å². The average Bonchev–Trinajstić information content (AvgIpc) is 2.15. The third kappa shape index (κ3) is 3.25. The maximum atomic E-state index is 2.30. The fourth-order valence-electron chi connectivity index (χ4n) is 1.65. The van der Waals surface area contributed by atoms with E-state index in [1.807, 2.05) is 0 Å². The zero-order valence-corrected chi connectivity index (χ0v) is 11.0. The summed E-state index contributed by atoms with van der Waals surface area (Å²) in [5, 5.41) is 1.53. The SMILES string of the molecule is CN(C)C([SiH2]c1ccccc1)N(C)C. The summed E-state index contributed by atoms with van der Waals surface area (Å²) in [6.07, 6.45) is 0. The van der Waals surface area contributed by atoms with Gasteiger partial charge in [-0.25, -0.2) is 0 Å². The van der Waals surface area contributed by atoms with Gasteiger partial charge >= 0.3 is 0 Å². The molecular weight excluding hydrogens is 188 g/mol. The number of benzene rings is 1. The molecule has 1 aromatic rings. The first-order valence-electron chi connectivity index (χ1n) is 4.98. The van der Waals surface area contributed by atoms with Crippen LogP contribution in [0.15, 0.2) is 30.3 Å². The number of rotatable bonds is 4. The fraction of sp³-hybridized carbons (Fsp3) is 0.455. The molecule has 0 aliphatic heterocycles. The van der Waals surface area contributed by atoms with Gasteiger partial charge in [0.2, 0.25) is 0 Å². The second-order valence-corrected chi connectivity index (χ2v) is 6.05. The Bertz CT molecular complexity index is 251. The van der Waals surface area contributed by atoms with Gasteiger partial charge in [0.1, 0.15) is 0 Å². The van der Waals surface area contributed by atoms with Gasteiger partial charge in [-0.1, -0.05) is 35.5 Å². The van der Waals surface area contributed by atoms with Crippen molar-refractivity contribution in [1.82, 2.24) is 9.80 Å². The van der Waals surface area contributed by atoms with E-state index in [0.717, 1.165) is 0 Å². The predicted molar refractivity (Wildman–Crippen MR) is 65.8 cm³/mol. The van der Waals surface area contributed by atoms with Crippen LogP contribution in [0.25, 0.3) is 0 Å². The molecule has 0 atom stereocenters. The molecule has 3 heteroatoms. The second-order valence-electron chi connectivity index (χ2n) is 4.10. The highest BCUT2D eigenvalue weighted by Crippen LogP contribution is 1.95. The van der Waals surface area contributed by atoms with E-state index in [4.69, 9.17) is 0 Å². The second kappa shape index (κ2) is 5.29. The molecule has 0 spiro atoms. The molecule has 0 amide bonds. The van der Waals surface area contributed by atoms with E-state index < -0.39 is 0 Å². The van der Waals surface area contributed by atoms with E-state index in [0.29, 0.717) is 5.79 Å². The quantitative estimate of drug-likeness (QED) is 0.503. The van der Waals surface area contributed by atoms with Crippen LogP contribution in [0.3, 0.4) is 0 Å². The van der Waals surface area contributed by atoms with E-state index in [-0.39, 0.29) is 9.52 Å². The topological polar surface area (TPSA) is 6.48 Å². The lowest BCUT2D eigenvalue weighted by atomic mass is 10.4. The molecule has 78 valence electrons. The molecule has 0 fully saturated rings. The first-order valence-corrected chi connectivity index (χ1v) is 6.50. The molecule has 0 heterocycles. The monoisotopic (exact) mass is 208 g/mol. The molecular formula is C11H20N2Si. The third-order valence-electron chi connectivity index (χ3n) is 2.45. The zero-order valence-electron chi connectivity index (χ0n) is 9.57. The molecule has 0 aliphatic carbocycles.